The monoisotopic (exact) mass is 287 g/mol. The number of ether oxygens (including phenoxy) is 1. The molecule has 1 aliphatic heterocycles. The Labute approximate surface area is 127 Å². The van der Waals surface area contributed by atoms with Crippen molar-refractivity contribution in [1.82, 2.24) is 0 Å². The Kier molecular flexibility index (Phi) is 4.32. The highest BCUT2D eigenvalue weighted by Crippen LogP contribution is 2.33. The van der Waals surface area contributed by atoms with Gasteiger partial charge in [0.1, 0.15) is 5.75 Å². The molecule has 1 fully saturated rings. The molecule has 0 aromatic heterocycles. The number of rotatable bonds is 3. The van der Waals surface area contributed by atoms with Crippen LogP contribution in [0.1, 0.15) is 38.5 Å². The Morgan fingerprint density at radius 3 is 2.38 bits per heavy atom. The molecule has 1 heterocycles. The number of aliphatic imine (C=N–C) groups is 1. The number of nitrogens with zero attached hydrogens (tertiary/aromatic N) is 2. The SMILES string of the molecule is COc1ccc(N2C(N)=NCC2C2CCCCCC2)cc1. The van der Waals surface area contributed by atoms with Crippen LogP contribution in [0.2, 0.25) is 0 Å². The van der Waals surface area contributed by atoms with Gasteiger partial charge in [0.15, 0.2) is 5.96 Å². The fourth-order valence-electron chi connectivity index (χ4n) is 3.64. The maximum absolute atomic E-state index is 6.16. The van der Waals surface area contributed by atoms with E-state index in [1.54, 1.807) is 7.11 Å². The minimum atomic E-state index is 0.427. The van der Waals surface area contributed by atoms with Crippen LogP contribution in [0.5, 0.6) is 5.75 Å². The van der Waals surface area contributed by atoms with E-state index >= 15 is 0 Å². The van der Waals surface area contributed by atoms with E-state index < -0.39 is 0 Å². The van der Waals surface area contributed by atoms with Gasteiger partial charge in [-0.15, -0.1) is 0 Å². The van der Waals surface area contributed by atoms with Crippen LogP contribution in [0.4, 0.5) is 5.69 Å². The average molecular weight is 287 g/mol. The van der Waals surface area contributed by atoms with Crippen molar-refractivity contribution < 1.29 is 4.74 Å². The second-order valence-electron chi connectivity index (χ2n) is 6.09. The van der Waals surface area contributed by atoms with Gasteiger partial charge in [-0.05, 0) is 43.0 Å². The number of methoxy groups -OCH3 is 1. The lowest BCUT2D eigenvalue weighted by Crippen LogP contribution is -2.44. The van der Waals surface area contributed by atoms with Gasteiger partial charge in [0.2, 0.25) is 0 Å². The molecular formula is C17H25N3O. The van der Waals surface area contributed by atoms with Crippen molar-refractivity contribution in [3.8, 4) is 5.75 Å². The van der Waals surface area contributed by atoms with Crippen LogP contribution in [0, 0.1) is 5.92 Å². The fourth-order valence-corrected chi connectivity index (χ4v) is 3.64. The Hall–Kier alpha value is -1.71. The summed E-state index contributed by atoms with van der Waals surface area (Å²) in [6, 6.07) is 8.57. The lowest BCUT2D eigenvalue weighted by Gasteiger charge is -2.32. The summed E-state index contributed by atoms with van der Waals surface area (Å²) in [7, 11) is 1.69. The van der Waals surface area contributed by atoms with Crippen LogP contribution in [0.15, 0.2) is 29.3 Å². The molecule has 1 aliphatic carbocycles. The molecule has 4 nitrogen and oxygen atoms in total. The van der Waals surface area contributed by atoms with Gasteiger partial charge in [-0.25, -0.2) is 0 Å². The van der Waals surface area contributed by atoms with Crippen LogP contribution in [0.3, 0.4) is 0 Å². The largest absolute Gasteiger partial charge is 0.497 e. The number of nitrogens with two attached hydrogens (primary N) is 1. The summed E-state index contributed by atoms with van der Waals surface area (Å²) in [5, 5.41) is 0. The topological polar surface area (TPSA) is 50.9 Å². The standard InChI is InChI=1S/C17H25N3O/c1-21-15-10-8-14(9-11-15)20-16(12-19-17(20)18)13-6-4-2-3-5-7-13/h8-11,13,16H,2-7,12H2,1H3,(H2,18,19). The highest BCUT2D eigenvalue weighted by Gasteiger charge is 2.33. The predicted molar refractivity (Wildman–Crippen MR) is 86.9 cm³/mol. The Morgan fingerprint density at radius 1 is 1.10 bits per heavy atom. The lowest BCUT2D eigenvalue weighted by atomic mass is 9.91. The molecule has 4 heteroatoms. The lowest BCUT2D eigenvalue weighted by molar-refractivity contribution is 0.389. The van der Waals surface area contributed by atoms with Crippen molar-refractivity contribution in [1.29, 1.82) is 0 Å². The molecule has 1 atom stereocenters. The Balaban J connectivity index is 1.80. The molecule has 21 heavy (non-hydrogen) atoms. The van der Waals surface area contributed by atoms with E-state index in [1.165, 1.54) is 38.5 Å². The van der Waals surface area contributed by atoms with Crippen LogP contribution in [-0.4, -0.2) is 25.7 Å². The molecule has 0 radical (unpaired) electrons. The van der Waals surface area contributed by atoms with E-state index in [2.05, 4.69) is 22.0 Å². The third-order valence-electron chi connectivity index (χ3n) is 4.81. The summed E-state index contributed by atoms with van der Waals surface area (Å²) in [5.74, 6) is 2.24. The summed E-state index contributed by atoms with van der Waals surface area (Å²) in [6.07, 6.45) is 8.06. The summed E-state index contributed by atoms with van der Waals surface area (Å²) in [5.41, 5.74) is 7.29. The second kappa shape index (κ2) is 6.37. The van der Waals surface area contributed by atoms with E-state index in [0.717, 1.165) is 18.0 Å². The number of hydrogen-bond acceptors (Lipinski definition) is 4. The van der Waals surface area contributed by atoms with Gasteiger partial charge in [0.05, 0.1) is 19.7 Å². The fraction of sp³-hybridized carbons (Fsp3) is 0.588. The molecule has 0 amide bonds. The van der Waals surface area contributed by atoms with E-state index in [9.17, 15) is 0 Å². The first-order valence-electron chi connectivity index (χ1n) is 8.03. The minimum Gasteiger partial charge on any atom is -0.497 e. The van der Waals surface area contributed by atoms with E-state index in [4.69, 9.17) is 10.5 Å². The molecule has 1 aromatic rings. The molecule has 1 aromatic carbocycles. The van der Waals surface area contributed by atoms with Crippen LogP contribution >= 0.6 is 0 Å². The zero-order valence-corrected chi connectivity index (χ0v) is 12.8. The highest BCUT2D eigenvalue weighted by molar-refractivity contribution is 5.97. The van der Waals surface area contributed by atoms with Gasteiger partial charge >= 0.3 is 0 Å². The Bertz CT molecular complexity index is 489. The van der Waals surface area contributed by atoms with Crippen LogP contribution in [0.25, 0.3) is 0 Å². The second-order valence-corrected chi connectivity index (χ2v) is 6.09. The van der Waals surface area contributed by atoms with Crippen molar-refractivity contribution in [3.63, 3.8) is 0 Å². The zero-order valence-electron chi connectivity index (χ0n) is 12.8. The average Bonchev–Trinajstić information content (AvgIpc) is 2.74. The van der Waals surface area contributed by atoms with Gasteiger partial charge in [-0.2, -0.15) is 0 Å². The first-order valence-corrected chi connectivity index (χ1v) is 8.03. The molecule has 1 unspecified atom stereocenters. The third-order valence-corrected chi connectivity index (χ3v) is 4.81. The van der Waals surface area contributed by atoms with E-state index in [0.29, 0.717) is 17.9 Å². The van der Waals surface area contributed by atoms with Crippen molar-refractivity contribution >= 4 is 11.6 Å². The van der Waals surface area contributed by atoms with Crippen molar-refractivity contribution in [2.75, 3.05) is 18.6 Å². The summed E-state index contributed by atoms with van der Waals surface area (Å²) >= 11 is 0. The molecule has 0 saturated heterocycles. The van der Waals surface area contributed by atoms with Crippen molar-refractivity contribution in [2.24, 2.45) is 16.6 Å². The number of anilines is 1. The molecule has 3 rings (SSSR count). The van der Waals surface area contributed by atoms with Gasteiger partial charge in [-0.1, -0.05) is 25.7 Å². The normalized spacial score (nSPS) is 23.8. The molecule has 0 bridgehead atoms. The summed E-state index contributed by atoms with van der Waals surface area (Å²) in [4.78, 5) is 6.74. The van der Waals surface area contributed by atoms with Gasteiger partial charge in [0.25, 0.3) is 0 Å². The molecule has 2 N–H and O–H groups in total. The Morgan fingerprint density at radius 2 is 1.76 bits per heavy atom. The van der Waals surface area contributed by atoms with Crippen molar-refractivity contribution in [2.45, 2.75) is 44.6 Å². The molecule has 114 valence electrons. The van der Waals surface area contributed by atoms with Gasteiger partial charge < -0.3 is 15.4 Å². The number of hydrogen-bond donors (Lipinski definition) is 1. The van der Waals surface area contributed by atoms with Gasteiger partial charge in [0, 0.05) is 5.69 Å². The van der Waals surface area contributed by atoms with E-state index in [1.807, 2.05) is 12.1 Å². The maximum Gasteiger partial charge on any atom is 0.196 e. The first kappa shape index (κ1) is 14.2. The molecular weight excluding hydrogens is 262 g/mol. The summed E-state index contributed by atoms with van der Waals surface area (Å²) < 4.78 is 5.24. The maximum atomic E-state index is 6.16. The molecule has 2 aliphatic rings. The van der Waals surface area contributed by atoms with Crippen LogP contribution < -0.4 is 15.4 Å². The molecule has 1 saturated carbocycles. The van der Waals surface area contributed by atoms with Crippen molar-refractivity contribution in [3.05, 3.63) is 24.3 Å². The number of benzene rings is 1. The zero-order chi connectivity index (χ0) is 14.7. The smallest absolute Gasteiger partial charge is 0.196 e. The minimum absolute atomic E-state index is 0.427. The quantitative estimate of drug-likeness (QED) is 0.869. The van der Waals surface area contributed by atoms with E-state index in [-0.39, 0.29) is 0 Å². The van der Waals surface area contributed by atoms with Crippen LogP contribution in [-0.2, 0) is 0 Å². The summed E-state index contributed by atoms with van der Waals surface area (Å²) in [6.45, 7) is 0.836. The predicted octanol–water partition coefficient (Wildman–Crippen LogP) is 3.17. The first-order chi connectivity index (χ1) is 10.3. The molecule has 0 spiro atoms. The highest BCUT2D eigenvalue weighted by atomic mass is 16.5. The van der Waals surface area contributed by atoms with Gasteiger partial charge in [-0.3, -0.25) is 4.99 Å². The third kappa shape index (κ3) is 2.99. The number of guanidine groups is 1.